The Morgan fingerprint density at radius 1 is 1.26 bits per heavy atom. The van der Waals surface area contributed by atoms with E-state index in [2.05, 4.69) is 10.3 Å². The Morgan fingerprint density at radius 3 is 2.74 bits per heavy atom. The van der Waals surface area contributed by atoms with Gasteiger partial charge in [0, 0.05) is 25.8 Å². The lowest BCUT2D eigenvalue weighted by molar-refractivity contribution is 0.0947. The molecule has 1 aromatic heterocycles. The van der Waals surface area contributed by atoms with E-state index in [0.717, 1.165) is 12.8 Å². The quantitative estimate of drug-likeness (QED) is 0.670. The average Bonchev–Trinajstić information content (AvgIpc) is 3.35. The highest BCUT2D eigenvalue weighted by Crippen LogP contribution is 2.21. The second-order valence-electron chi connectivity index (χ2n) is 6.25. The van der Waals surface area contributed by atoms with Crippen LogP contribution in [0.4, 0.5) is 4.39 Å². The summed E-state index contributed by atoms with van der Waals surface area (Å²) in [5.74, 6) is -0.659. The number of carbonyl (C=O) groups excluding carboxylic acids is 1. The van der Waals surface area contributed by atoms with Crippen molar-refractivity contribution < 1.29 is 22.3 Å². The number of H-pyrrole nitrogens is 1. The van der Waals surface area contributed by atoms with Crippen molar-refractivity contribution in [1.82, 2.24) is 14.6 Å². The van der Waals surface area contributed by atoms with Crippen molar-refractivity contribution in [3.63, 3.8) is 0 Å². The number of carbonyl (C=O) groups is 1. The van der Waals surface area contributed by atoms with E-state index in [1.807, 2.05) is 0 Å². The van der Waals surface area contributed by atoms with Crippen LogP contribution in [-0.4, -0.2) is 49.9 Å². The zero-order valence-electron chi connectivity index (χ0n) is 14.8. The van der Waals surface area contributed by atoms with Crippen LogP contribution in [0, 0.1) is 5.82 Å². The van der Waals surface area contributed by atoms with Gasteiger partial charge in [-0.15, -0.1) is 0 Å². The van der Waals surface area contributed by atoms with Crippen molar-refractivity contribution >= 4 is 15.9 Å². The highest BCUT2D eigenvalue weighted by molar-refractivity contribution is 7.89. The summed E-state index contributed by atoms with van der Waals surface area (Å²) in [6.45, 7) is 1.59. The maximum Gasteiger partial charge on any atom is 0.267 e. The van der Waals surface area contributed by atoms with Gasteiger partial charge in [-0.1, -0.05) is 12.1 Å². The standard InChI is InChI=1S/C18H22FN3O4S/c19-15-6-1-2-7-17(15)26-11-5-8-20-18(23)16-12-14(13-21-16)27(24,25)22-9-3-4-10-22/h1-2,6-7,12-13,21H,3-5,8-11H2,(H,20,23). The average molecular weight is 395 g/mol. The van der Waals surface area contributed by atoms with Gasteiger partial charge in [0.25, 0.3) is 5.91 Å². The molecule has 9 heteroatoms. The number of aromatic amines is 1. The molecule has 0 spiro atoms. The third-order valence-electron chi connectivity index (χ3n) is 4.30. The van der Waals surface area contributed by atoms with Gasteiger partial charge in [-0.25, -0.2) is 12.8 Å². The fourth-order valence-corrected chi connectivity index (χ4v) is 4.36. The van der Waals surface area contributed by atoms with Crippen molar-refractivity contribution in [2.45, 2.75) is 24.2 Å². The van der Waals surface area contributed by atoms with Crippen LogP contribution in [0.15, 0.2) is 41.4 Å². The normalized spacial score (nSPS) is 15.0. The van der Waals surface area contributed by atoms with E-state index >= 15 is 0 Å². The predicted molar refractivity (Wildman–Crippen MR) is 97.6 cm³/mol. The summed E-state index contributed by atoms with van der Waals surface area (Å²) in [5, 5.41) is 2.68. The highest BCUT2D eigenvalue weighted by atomic mass is 32.2. The molecule has 1 amide bonds. The third-order valence-corrected chi connectivity index (χ3v) is 6.18. The summed E-state index contributed by atoms with van der Waals surface area (Å²) in [7, 11) is -3.55. The highest BCUT2D eigenvalue weighted by Gasteiger charge is 2.28. The van der Waals surface area contributed by atoms with Crippen LogP contribution in [0.5, 0.6) is 5.75 Å². The smallest absolute Gasteiger partial charge is 0.267 e. The van der Waals surface area contributed by atoms with E-state index in [1.165, 1.54) is 28.7 Å². The largest absolute Gasteiger partial charge is 0.490 e. The molecular formula is C18H22FN3O4S. The number of hydrogen-bond donors (Lipinski definition) is 2. The maximum atomic E-state index is 13.4. The zero-order chi connectivity index (χ0) is 19.3. The number of sulfonamides is 1. The van der Waals surface area contributed by atoms with Crippen LogP contribution in [0.3, 0.4) is 0 Å². The summed E-state index contributed by atoms with van der Waals surface area (Å²) in [4.78, 5) is 14.9. The van der Waals surface area contributed by atoms with Gasteiger partial charge in [-0.3, -0.25) is 4.79 Å². The molecule has 0 atom stereocenters. The molecule has 0 radical (unpaired) electrons. The molecule has 1 aliphatic heterocycles. The number of hydrogen-bond acceptors (Lipinski definition) is 4. The molecule has 2 aromatic rings. The summed E-state index contributed by atoms with van der Waals surface area (Å²) in [6, 6.07) is 7.46. The summed E-state index contributed by atoms with van der Waals surface area (Å²) in [5.41, 5.74) is 0.183. The molecule has 0 unspecified atom stereocenters. The Hall–Kier alpha value is -2.39. The van der Waals surface area contributed by atoms with E-state index in [9.17, 15) is 17.6 Å². The molecule has 7 nitrogen and oxygen atoms in total. The van der Waals surface area contributed by atoms with E-state index in [4.69, 9.17) is 4.74 Å². The van der Waals surface area contributed by atoms with Crippen LogP contribution >= 0.6 is 0 Å². The second-order valence-corrected chi connectivity index (χ2v) is 8.19. The van der Waals surface area contributed by atoms with Gasteiger partial charge < -0.3 is 15.0 Å². The first-order chi connectivity index (χ1) is 13.0. The summed E-state index contributed by atoms with van der Waals surface area (Å²) < 4.78 is 45.1. The Labute approximate surface area is 157 Å². The molecule has 1 aromatic carbocycles. The van der Waals surface area contributed by atoms with Crippen LogP contribution in [0.25, 0.3) is 0 Å². The van der Waals surface area contributed by atoms with Gasteiger partial charge in [0.2, 0.25) is 10.0 Å². The van der Waals surface area contributed by atoms with Crippen molar-refractivity contribution in [1.29, 1.82) is 0 Å². The molecule has 2 heterocycles. The lowest BCUT2D eigenvalue weighted by Gasteiger charge is -2.13. The number of ether oxygens (including phenoxy) is 1. The van der Waals surface area contributed by atoms with Gasteiger partial charge in [0.1, 0.15) is 10.6 Å². The minimum atomic E-state index is -3.55. The number of para-hydroxylation sites is 1. The van der Waals surface area contributed by atoms with Crippen LogP contribution < -0.4 is 10.1 Å². The van der Waals surface area contributed by atoms with Crippen molar-refractivity contribution in [2.75, 3.05) is 26.2 Å². The molecule has 0 aliphatic carbocycles. The van der Waals surface area contributed by atoms with Gasteiger partial charge >= 0.3 is 0 Å². The number of amides is 1. The van der Waals surface area contributed by atoms with Gasteiger partial charge in [0.15, 0.2) is 11.6 Å². The molecule has 0 saturated carbocycles. The molecule has 146 valence electrons. The van der Waals surface area contributed by atoms with Crippen molar-refractivity contribution in [2.24, 2.45) is 0 Å². The molecule has 1 fully saturated rings. The number of nitrogens with zero attached hydrogens (tertiary/aromatic N) is 1. The molecule has 1 aliphatic rings. The fraction of sp³-hybridized carbons (Fsp3) is 0.389. The molecule has 3 rings (SSSR count). The van der Waals surface area contributed by atoms with Gasteiger partial charge in [-0.2, -0.15) is 4.31 Å². The van der Waals surface area contributed by atoms with Crippen LogP contribution in [0.2, 0.25) is 0 Å². The van der Waals surface area contributed by atoms with Gasteiger partial charge in [-0.05, 0) is 37.5 Å². The van der Waals surface area contributed by atoms with Crippen LogP contribution in [0.1, 0.15) is 29.8 Å². The summed E-state index contributed by atoms with van der Waals surface area (Å²) in [6.07, 6.45) is 3.53. The van der Waals surface area contributed by atoms with Crippen LogP contribution in [-0.2, 0) is 10.0 Å². The third kappa shape index (κ3) is 4.67. The number of aromatic nitrogens is 1. The van der Waals surface area contributed by atoms with E-state index in [1.54, 1.807) is 12.1 Å². The van der Waals surface area contributed by atoms with Crippen molar-refractivity contribution in [3.8, 4) is 5.75 Å². The first kappa shape index (κ1) is 19.4. The minimum Gasteiger partial charge on any atom is -0.490 e. The minimum absolute atomic E-state index is 0.0948. The number of rotatable bonds is 8. The molecule has 2 N–H and O–H groups in total. The maximum absolute atomic E-state index is 13.4. The SMILES string of the molecule is O=C(NCCCOc1ccccc1F)c1cc(S(=O)(=O)N2CCCC2)c[nH]1. The Bertz CT molecular complexity index is 892. The molecule has 0 bridgehead atoms. The summed E-state index contributed by atoms with van der Waals surface area (Å²) >= 11 is 0. The van der Waals surface area contributed by atoms with E-state index in [-0.39, 0.29) is 22.9 Å². The first-order valence-electron chi connectivity index (χ1n) is 8.82. The Balaban J connectivity index is 1.46. The van der Waals surface area contributed by atoms with E-state index < -0.39 is 21.7 Å². The van der Waals surface area contributed by atoms with E-state index in [0.29, 0.717) is 26.1 Å². The topological polar surface area (TPSA) is 91.5 Å². The lowest BCUT2D eigenvalue weighted by atomic mass is 10.3. The molecule has 27 heavy (non-hydrogen) atoms. The predicted octanol–water partition coefficient (Wildman–Crippen LogP) is 2.14. The number of benzene rings is 1. The zero-order valence-corrected chi connectivity index (χ0v) is 15.6. The molecular weight excluding hydrogens is 373 g/mol. The second kappa shape index (κ2) is 8.53. The number of nitrogens with one attached hydrogen (secondary N) is 2. The Morgan fingerprint density at radius 2 is 2.00 bits per heavy atom. The molecule has 1 saturated heterocycles. The van der Waals surface area contributed by atoms with Gasteiger partial charge in [0.05, 0.1) is 6.61 Å². The van der Waals surface area contributed by atoms with Crippen molar-refractivity contribution in [3.05, 3.63) is 48.0 Å². The number of halogens is 1. The Kier molecular flexibility index (Phi) is 6.12. The lowest BCUT2D eigenvalue weighted by Crippen LogP contribution is -2.27. The monoisotopic (exact) mass is 395 g/mol. The first-order valence-corrected chi connectivity index (χ1v) is 10.3. The fourth-order valence-electron chi connectivity index (χ4n) is 2.85.